The van der Waals surface area contributed by atoms with Gasteiger partial charge in [0.05, 0.1) is 0 Å². The van der Waals surface area contributed by atoms with E-state index in [1.165, 1.54) is 16.7 Å². The summed E-state index contributed by atoms with van der Waals surface area (Å²) in [6.07, 6.45) is 3.69. The molecule has 130 valence electrons. The molecular formula is C19H27N3O2. The van der Waals surface area contributed by atoms with Gasteiger partial charge in [0.2, 0.25) is 5.91 Å². The Balaban J connectivity index is 1.36. The monoisotopic (exact) mass is 329 g/mol. The van der Waals surface area contributed by atoms with Crippen molar-refractivity contribution in [1.29, 1.82) is 0 Å². The molecule has 1 heterocycles. The number of nitrogens with zero attached hydrogens (tertiary/aromatic N) is 1. The number of nitrogens with one attached hydrogen (secondary N) is 2. The highest BCUT2D eigenvalue weighted by Crippen LogP contribution is 2.32. The molecule has 1 atom stereocenters. The van der Waals surface area contributed by atoms with Gasteiger partial charge in [-0.25, -0.2) is 4.79 Å². The second-order valence-electron chi connectivity index (χ2n) is 7.10. The molecule has 1 aromatic rings. The molecule has 2 fully saturated rings. The topological polar surface area (TPSA) is 61.4 Å². The first-order valence-corrected chi connectivity index (χ1v) is 8.91. The lowest BCUT2D eigenvalue weighted by Gasteiger charge is -2.16. The quantitative estimate of drug-likeness (QED) is 0.840. The number of benzene rings is 1. The van der Waals surface area contributed by atoms with E-state index in [4.69, 9.17) is 0 Å². The highest BCUT2D eigenvalue weighted by Gasteiger charge is 2.39. The highest BCUT2D eigenvalue weighted by molar-refractivity contribution is 5.79. The van der Waals surface area contributed by atoms with Crippen molar-refractivity contribution in [2.45, 2.75) is 45.6 Å². The third-order valence-electron chi connectivity index (χ3n) is 5.08. The van der Waals surface area contributed by atoms with Crippen molar-refractivity contribution in [3.8, 4) is 0 Å². The fourth-order valence-electron chi connectivity index (χ4n) is 3.53. The van der Waals surface area contributed by atoms with E-state index in [2.05, 4.69) is 42.7 Å². The number of amides is 3. The van der Waals surface area contributed by atoms with Gasteiger partial charge in [-0.1, -0.05) is 18.2 Å². The molecule has 0 radical (unpaired) electrons. The molecule has 0 aromatic heterocycles. The van der Waals surface area contributed by atoms with Gasteiger partial charge in [-0.15, -0.1) is 0 Å². The van der Waals surface area contributed by atoms with E-state index in [0.717, 1.165) is 25.8 Å². The van der Waals surface area contributed by atoms with Gasteiger partial charge in [-0.3, -0.25) is 4.79 Å². The Bertz CT molecular complexity index is 605. The van der Waals surface area contributed by atoms with E-state index in [0.29, 0.717) is 25.6 Å². The molecule has 5 nitrogen and oxygen atoms in total. The lowest BCUT2D eigenvalue weighted by atomic mass is 10.0. The molecule has 3 amide bonds. The van der Waals surface area contributed by atoms with Crippen LogP contribution in [0.4, 0.5) is 4.79 Å². The van der Waals surface area contributed by atoms with Gasteiger partial charge in [0.25, 0.3) is 0 Å². The second kappa shape index (κ2) is 7.24. The molecule has 1 saturated heterocycles. The minimum absolute atomic E-state index is 0.140. The number of aryl methyl sites for hydroxylation is 2. The van der Waals surface area contributed by atoms with Gasteiger partial charge >= 0.3 is 6.03 Å². The largest absolute Gasteiger partial charge is 0.339 e. The van der Waals surface area contributed by atoms with Gasteiger partial charge in [0, 0.05) is 38.0 Å². The van der Waals surface area contributed by atoms with Crippen molar-refractivity contribution in [2.75, 3.05) is 19.6 Å². The van der Waals surface area contributed by atoms with Crippen LogP contribution < -0.4 is 10.6 Å². The maximum Gasteiger partial charge on any atom is 0.314 e. The van der Waals surface area contributed by atoms with Crippen LogP contribution in [0.15, 0.2) is 18.2 Å². The maximum absolute atomic E-state index is 11.9. The number of carbonyl (C=O) groups is 2. The van der Waals surface area contributed by atoms with E-state index in [1.807, 2.05) is 4.90 Å². The first kappa shape index (κ1) is 16.8. The third-order valence-corrected chi connectivity index (χ3v) is 5.08. The van der Waals surface area contributed by atoms with Gasteiger partial charge in [0.15, 0.2) is 0 Å². The number of carbonyl (C=O) groups excluding carboxylic acids is 2. The second-order valence-corrected chi connectivity index (χ2v) is 7.10. The van der Waals surface area contributed by atoms with Crippen LogP contribution >= 0.6 is 0 Å². The third kappa shape index (κ3) is 4.08. The van der Waals surface area contributed by atoms with Gasteiger partial charge in [0.1, 0.15) is 0 Å². The Labute approximate surface area is 143 Å². The molecule has 0 bridgehead atoms. The molecule has 2 N–H and O–H groups in total. The number of likely N-dealkylation sites (tertiary alicyclic amines) is 1. The van der Waals surface area contributed by atoms with Crippen LogP contribution in [0.5, 0.6) is 0 Å². The summed E-state index contributed by atoms with van der Waals surface area (Å²) in [7, 11) is 0. The standard InChI is InChI=1S/C19H27N3O2/c1-13-4-3-5-14(2)17(13)8-9-20-19(24)21-11-15-10-18(23)22(12-15)16-6-7-16/h3-5,15-16H,6-12H2,1-2H3,(H2,20,21,24)/t15-/m1/s1. The van der Waals surface area contributed by atoms with Crippen LogP contribution in [-0.2, 0) is 11.2 Å². The van der Waals surface area contributed by atoms with E-state index < -0.39 is 0 Å². The summed E-state index contributed by atoms with van der Waals surface area (Å²) in [6.45, 7) is 6.20. The Kier molecular flexibility index (Phi) is 5.07. The normalized spacial score (nSPS) is 20.3. The Hall–Kier alpha value is -2.04. The number of hydrogen-bond acceptors (Lipinski definition) is 2. The molecule has 5 heteroatoms. The van der Waals surface area contributed by atoms with Crippen molar-refractivity contribution in [3.05, 3.63) is 34.9 Å². The van der Waals surface area contributed by atoms with Crippen LogP contribution in [0.1, 0.15) is 36.0 Å². The molecule has 3 rings (SSSR count). The molecule has 2 aliphatic rings. The highest BCUT2D eigenvalue weighted by atomic mass is 16.2. The first-order valence-electron chi connectivity index (χ1n) is 8.91. The minimum Gasteiger partial charge on any atom is -0.339 e. The van der Waals surface area contributed by atoms with Crippen molar-refractivity contribution >= 4 is 11.9 Å². The fraction of sp³-hybridized carbons (Fsp3) is 0.579. The van der Waals surface area contributed by atoms with Crippen molar-refractivity contribution in [3.63, 3.8) is 0 Å². The van der Waals surface area contributed by atoms with Crippen LogP contribution in [-0.4, -0.2) is 42.5 Å². The first-order chi connectivity index (χ1) is 11.5. The van der Waals surface area contributed by atoms with E-state index in [9.17, 15) is 9.59 Å². The zero-order valence-corrected chi connectivity index (χ0v) is 14.6. The molecular weight excluding hydrogens is 302 g/mol. The summed E-state index contributed by atoms with van der Waals surface area (Å²) in [5.74, 6) is 0.502. The van der Waals surface area contributed by atoms with Crippen LogP contribution in [0.3, 0.4) is 0 Å². The van der Waals surface area contributed by atoms with Crippen LogP contribution in [0, 0.1) is 19.8 Å². The molecule has 0 spiro atoms. The molecule has 1 saturated carbocycles. The van der Waals surface area contributed by atoms with E-state index in [1.54, 1.807) is 0 Å². The molecule has 24 heavy (non-hydrogen) atoms. The molecule has 1 aliphatic heterocycles. The predicted octanol–water partition coefficient (Wildman–Crippen LogP) is 2.16. The van der Waals surface area contributed by atoms with Crippen LogP contribution in [0.25, 0.3) is 0 Å². The average Bonchev–Trinajstić information content (AvgIpc) is 3.31. The number of rotatable bonds is 6. The summed E-state index contributed by atoms with van der Waals surface area (Å²) in [4.78, 5) is 25.8. The lowest BCUT2D eigenvalue weighted by molar-refractivity contribution is -0.128. The van der Waals surface area contributed by atoms with Gasteiger partial charge in [-0.2, -0.15) is 0 Å². The van der Waals surface area contributed by atoms with Gasteiger partial charge in [-0.05, 0) is 49.8 Å². The Morgan fingerprint density at radius 1 is 1.21 bits per heavy atom. The molecule has 0 unspecified atom stereocenters. The zero-order chi connectivity index (χ0) is 17.1. The summed E-state index contributed by atoms with van der Waals surface area (Å²) in [5, 5.41) is 5.83. The fourth-order valence-corrected chi connectivity index (χ4v) is 3.53. The van der Waals surface area contributed by atoms with E-state index in [-0.39, 0.29) is 17.9 Å². The van der Waals surface area contributed by atoms with Crippen molar-refractivity contribution < 1.29 is 9.59 Å². The van der Waals surface area contributed by atoms with Crippen LogP contribution in [0.2, 0.25) is 0 Å². The van der Waals surface area contributed by atoms with E-state index >= 15 is 0 Å². The Morgan fingerprint density at radius 2 is 1.92 bits per heavy atom. The zero-order valence-electron chi connectivity index (χ0n) is 14.6. The van der Waals surface area contributed by atoms with Gasteiger partial charge < -0.3 is 15.5 Å². The SMILES string of the molecule is Cc1cccc(C)c1CCNC(=O)NC[C@H]1CC(=O)N(C2CC2)C1. The predicted molar refractivity (Wildman–Crippen MR) is 93.9 cm³/mol. The van der Waals surface area contributed by atoms with Crippen molar-refractivity contribution in [2.24, 2.45) is 5.92 Å². The average molecular weight is 329 g/mol. The summed E-state index contributed by atoms with van der Waals surface area (Å²) < 4.78 is 0. The number of urea groups is 1. The molecule has 1 aromatic carbocycles. The smallest absolute Gasteiger partial charge is 0.314 e. The Morgan fingerprint density at radius 3 is 2.58 bits per heavy atom. The van der Waals surface area contributed by atoms with Crippen molar-refractivity contribution in [1.82, 2.24) is 15.5 Å². The number of hydrogen-bond donors (Lipinski definition) is 2. The molecule has 1 aliphatic carbocycles. The summed E-state index contributed by atoms with van der Waals surface area (Å²) >= 11 is 0. The maximum atomic E-state index is 11.9. The lowest BCUT2D eigenvalue weighted by Crippen LogP contribution is -2.39. The summed E-state index contributed by atoms with van der Waals surface area (Å²) in [5.41, 5.74) is 3.84. The minimum atomic E-state index is -0.140. The summed E-state index contributed by atoms with van der Waals surface area (Å²) in [6, 6.07) is 6.60.